The van der Waals surface area contributed by atoms with Crippen LogP contribution in [0.2, 0.25) is 0 Å². The van der Waals surface area contributed by atoms with E-state index in [1.165, 1.54) is 22.9 Å². The lowest BCUT2D eigenvalue weighted by Gasteiger charge is -2.06. The number of halogens is 1. The summed E-state index contributed by atoms with van der Waals surface area (Å²) in [6, 6.07) is 13.4. The molecule has 0 unspecified atom stereocenters. The second kappa shape index (κ2) is 5.19. The number of aromatic nitrogens is 4. The number of carbonyl (C=O) groups excluding carboxylic acids is 1. The average molecular weight is 346 g/mol. The van der Waals surface area contributed by atoms with Crippen molar-refractivity contribution in [2.45, 2.75) is 6.54 Å². The molecule has 126 valence electrons. The normalized spacial score (nSPS) is 12.4. The number of ketones is 1. The molecule has 0 atom stereocenters. The van der Waals surface area contributed by atoms with Crippen LogP contribution in [0.3, 0.4) is 0 Å². The first kappa shape index (κ1) is 14.7. The number of benzene rings is 2. The van der Waals surface area contributed by atoms with Crippen molar-refractivity contribution in [3.63, 3.8) is 0 Å². The van der Waals surface area contributed by atoms with Crippen LogP contribution in [0.5, 0.6) is 0 Å². The summed E-state index contributed by atoms with van der Waals surface area (Å²) < 4.78 is 16.3. The zero-order valence-corrected chi connectivity index (χ0v) is 13.4. The van der Waals surface area contributed by atoms with Gasteiger partial charge in [0.25, 0.3) is 5.56 Å². The van der Waals surface area contributed by atoms with Crippen LogP contribution >= 0.6 is 0 Å². The minimum Gasteiger partial charge on any atom is -0.285 e. The Morgan fingerprint density at radius 3 is 2.65 bits per heavy atom. The maximum absolute atomic E-state index is 13.5. The highest BCUT2D eigenvalue weighted by Gasteiger charge is 2.31. The molecule has 2 aromatic heterocycles. The number of nitrogens with zero attached hydrogens (tertiary/aromatic N) is 4. The second-order valence-corrected chi connectivity index (χ2v) is 6.09. The minimum absolute atomic E-state index is 0.0158. The molecule has 2 aromatic carbocycles. The fourth-order valence-electron chi connectivity index (χ4n) is 3.27. The molecule has 0 bridgehead atoms. The highest BCUT2D eigenvalue weighted by molar-refractivity contribution is 6.13. The van der Waals surface area contributed by atoms with E-state index in [2.05, 4.69) is 10.1 Å². The first-order valence-electron chi connectivity index (χ1n) is 8.00. The van der Waals surface area contributed by atoms with Gasteiger partial charge in [0.15, 0.2) is 11.5 Å². The Morgan fingerprint density at radius 1 is 1.04 bits per heavy atom. The first-order chi connectivity index (χ1) is 12.6. The minimum atomic E-state index is -0.530. The van der Waals surface area contributed by atoms with Crippen molar-refractivity contribution in [2.24, 2.45) is 0 Å². The van der Waals surface area contributed by atoms with E-state index in [-0.39, 0.29) is 16.9 Å². The molecule has 0 amide bonds. The largest absolute Gasteiger partial charge is 0.285 e. The van der Waals surface area contributed by atoms with Crippen molar-refractivity contribution in [2.75, 3.05) is 0 Å². The molecule has 0 N–H and O–H groups in total. The van der Waals surface area contributed by atoms with Gasteiger partial charge in [0, 0.05) is 0 Å². The van der Waals surface area contributed by atoms with Crippen LogP contribution in [-0.4, -0.2) is 25.1 Å². The summed E-state index contributed by atoms with van der Waals surface area (Å²) >= 11 is 0. The van der Waals surface area contributed by atoms with Gasteiger partial charge in [-0.2, -0.15) is 5.10 Å². The highest BCUT2D eigenvalue weighted by atomic mass is 19.1. The molecule has 0 aliphatic carbocycles. The molecule has 0 spiro atoms. The lowest BCUT2D eigenvalue weighted by Crippen LogP contribution is -2.21. The molecule has 26 heavy (non-hydrogen) atoms. The Balaban J connectivity index is 1.73. The van der Waals surface area contributed by atoms with Crippen LogP contribution in [0, 0.1) is 5.82 Å². The molecular formula is C19H11FN4O2. The summed E-state index contributed by atoms with van der Waals surface area (Å²) in [7, 11) is 0. The van der Waals surface area contributed by atoms with Crippen LogP contribution in [-0.2, 0) is 6.54 Å². The molecule has 0 saturated carbocycles. The van der Waals surface area contributed by atoms with Gasteiger partial charge in [0.05, 0.1) is 24.0 Å². The Morgan fingerprint density at radius 2 is 1.85 bits per heavy atom. The Bertz CT molecular complexity index is 1260. The van der Waals surface area contributed by atoms with Gasteiger partial charge in [-0.05, 0) is 23.8 Å². The first-order valence-corrected chi connectivity index (χ1v) is 8.00. The molecule has 0 radical (unpaired) electrons. The van der Waals surface area contributed by atoms with Gasteiger partial charge in [0.1, 0.15) is 11.2 Å². The van der Waals surface area contributed by atoms with Crippen molar-refractivity contribution < 1.29 is 9.18 Å². The van der Waals surface area contributed by atoms with Crippen LogP contribution < -0.4 is 5.56 Å². The number of hydrogen-bond acceptors (Lipinski definition) is 4. The zero-order chi connectivity index (χ0) is 17.8. The van der Waals surface area contributed by atoms with Crippen molar-refractivity contribution in [1.82, 2.24) is 19.3 Å². The predicted molar refractivity (Wildman–Crippen MR) is 92.1 cm³/mol. The maximum atomic E-state index is 13.5. The number of carbonyl (C=O) groups is 1. The summed E-state index contributed by atoms with van der Waals surface area (Å²) in [5.74, 6) is -1.01. The Labute approximate surface area is 146 Å². The summed E-state index contributed by atoms with van der Waals surface area (Å²) in [4.78, 5) is 29.9. The van der Waals surface area contributed by atoms with Gasteiger partial charge >= 0.3 is 0 Å². The van der Waals surface area contributed by atoms with Crippen molar-refractivity contribution in [3.05, 3.63) is 87.9 Å². The molecule has 4 aromatic rings. The number of fused-ring (bicyclic) bond motifs is 4. The van der Waals surface area contributed by atoms with Crippen LogP contribution in [0.4, 0.5) is 4.39 Å². The van der Waals surface area contributed by atoms with E-state index in [4.69, 9.17) is 0 Å². The smallest absolute Gasteiger partial charge is 0.269 e. The average Bonchev–Trinajstić information content (AvgIpc) is 3.17. The topological polar surface area (TPSA) is 69.8 Å². The highest BCUT2D eigenvalue weighted by Crippen LogP contribution is 2.26. The third-order valence-electron chi connectivity index (χ3n) is 4.49. The van der Waals surface area contributed by atoms with Gasteiger partial charge in [-0.15, -0.1) is 0 Å². The van der Waals surface area contributed by atoms with Gasteiger partial charge in [-0.3, -0.25) is 14.2 Å². The van der Waals surface area contributed by atoms with E-state index >= 15 is 0 Å². The molecule has 0 fully saturated rings. The van der Waals surface area contributed by atoms with Gasteiger partial charge in [0.2, 0.25) is 5.78 Å². The van der Waals surface area contributed by atoms with Gasteiger partial charge in [-0.1, -0.05) is 30.3 Å². The molecule has 1 aliphatic heterocycles. The van der Waals surface area contributed by atoms with Crippen molar-refractivity contribution in [3.8, 4) is 5.69 Å². The number of rotatable bonds is 2. The van der Waals surface area contributed by atoms with Crippen LogP contribution in [0.25, 0.3) is 16.7 Å². The molecule has 6 nitrogen and oxygen atoms in total. The summed E-state index contributed by atoms with van der Waals surface area (Å²) in [5.41, 5.74) is 1.44. The van der Waals surface area contributed by atoms with Crippen LogP contribution in [0.15, 0.2) is 59.5 Å². The summed E-state index contributed by atoms with van der Waals surface area (Å²) in [5, 5.41) is 4.57. The predicted octanol–water partition coefficient (Wildman–Crippen LogP) is 2.31. The molecule has 0 saturated heterocycles. The maximum Gasteiger partial charge on any atom is 0.269 e. The standard InChI is InChI=1S/C19H11FN4O2/c20-12-6-7-15-13(8-12)16(25)18-22-17-14(19(26)24(15)18)9-21-23(17)10-11-4-2-1-3-5-11/h1-9H,10H2. The monoisotopic (exact) mass is 346 g/mol. The quantitative estimate of drug-likeness (QED) is 0.492. The molecule has 3 heterocycles. The third-order valence-corrected chi connectivity index (χ3v) is 4.49. The molecular weight excluding hydrogens is 335 g/mol. The SMILES string of the molecule is O=C1c2cc(F)ccc2-n2c1nc1c(cnn1Cc1ccccc1)c2=O. The summed E-state index contributed by atoms with van der Waals surface area (Å²) in [6.45, 7) is 0.427. The fourth-order valence-corrected chi connectivity index (χ4v) is 3.27. The van der Waals surface area contributed by atoms with E-state index in [0.717, 1.165) is 11.6 Å². The molecule has 5 rings (SSSR count). The fraction of sp³-hybridized carbons (Fsp3) is 0.0526. The zero-order valence-electron chi connectivity index (χ0n) is 13.4. The second-order valence-electron chi connectivity index (χ2n) is 6.09. The lowest BCUT2D eigenvalue weighted by atomic mass is 10.1. The Hall–Kier alpha value is -3.61. The number of hydrogen-bond donors (Lipinski definition) is 0. The third kappa shape index (κ3) is 1.97. The van der Waals surface area contributed by atoms with Crippen LogP contribution in [0.1, 0.15) is 21.7 Å². The Kier molecular flexibility index (Phi) is 2.94. The van der Waals surface area contributed by atoms with E-state index in [0.29, 0.717) is 23.3 Å². The van der Waals surface area contributed by atoms with Gasteiger partial charge < -0.3 is 0 Å². The van der Waals surface area contributed by atoms with Gasteiger partial charge in [-0.25, -0.2) is 14.1 Å². The van der Waals surface area contributed by atoms with E-state index in [1.807, 2.05) is 30.3 Å². The summed E-state index contributed by atoms with van der Waals surface area (Å²) in [6.07, 6.45) is 1.45. The van der Waals surface area contributed by atoms with E-state index in [9.17, 15) is 14.0 Å². The van der Waals surface area contributed by atoms with Crippen molar-refractivity contribution in [1.29, 1.82) is 0 Å². The van der Waals surface area contributed by atoms with E-state index < -0.39 is 11.6 Å². The molecule has 7 heteroatoms. The van der Waals surface area contributed by atoms with Crippen molar-refractivity contribution >= 4 is 16.8 Å². The van der Waals surface area contributed by atoms with E-state index in [1.54, 1.807) is 4.68 Å². The lowest BCUT2D eigenvalue weighted by molar-refractivity contribution is 0.103. The molecule has 1 aliphatic rings.